The zero-order valence-corrected chi connectivity index (χ0v) is 11.5. The van der Waals surface area contributed by atoms with E-state index in [1.165, 1.54) is 6.42 Å². The lowest BCUT2D eigenvalue weighted by Gasteiger charge is -2.36. The lowest BCUT2D eigenvalue weighted by Crippen LogP contribution is -2.48. The Morgan fingerprint density at radius 1 is 1.39 bits per heavy atom. The molecular weight excluding hydrogens is 230 g/mol. The second kappa shape index (κ2) is 4.97. The molecule has 0 unspecified atom stereocenters. The average molecular weight is 253 g/mol. The highest BCUT2D eigenvalue weighted by Crippen LogP contribution is 2.34. The number of nitrogens with two attached hydrogens (primary N) is 1. The second-order valence-corrected chi connectivity index (χ2v) is 5.31. The molecule has 18 heavy (non-hydrogen) atoms. The Morgan fingerprint density at radius 3 is 2.50 bits per heavy atom. The summed E-state index contributed by atoms with van der Waals surface area (Å²) < 4.78 is 10.9. The fraction of sp³-hybridized carbons (Fsp3) is 0.846. The highest BCUT2D eigenvalue weighted by molar-refractivity contribution is 5.05. The molecular formula is C13H23N3O2. The van der Waals surface area contributed by atoms with Gasteiger partial charge in [-0.1, -0.05) is 19.0 Å². The summed E-state index contributed by atoms with van der Waals surface area (Å²) in [5, 5.41) is 4.08. The maximum absolute atomic E-state index is 6.19. The van der Waals surface area contributed by atoms with Crippen molar-refractivity contribution in [3.63, 3.8) is 0 Å². The van der Waals surface area contributed by atoms with Gasteiger partial charge in [-0.15, -0.1) is 0 Å². The van der Waals surface area contributed by atoms with Gasteiger partial charge in [0.1, 0.15) is 5.60 Å². The van der Waals surface area contributed by atoms with Gasteiger partial charge in [-0.3, -0.25) is 0 Å². The number of aromatic nitrogens is 2. The minimum atomic E-state index is -0.427. The van der Waals surface area contributed by atoms with E-state index >= 15 is 0 Å². The molecule has 1 aliphatic carbocycles. The monoisotopic (exact) mass is 253 g/mol. The summed E-state index contributed by atoms with van der Waals surface area (Å²) in [6.45, 7) is 4.14. The van der Waals surface area contributed by atoms with Gasteiger partial charge in [0.15, 0.2) is 0 Å². The van der Waals surface area contributed by atoms with Crippen molar-refractivity contribution in [1.29, 1.82) is 0 Å². The number of ether oxygens (including phenoxy) is 1. The third kappa shape index (κ3) is 2.29. The van der Waals surface area contributed by atoms with Crippen LogP contribution in [0.3, 0.4) is 0 Å². The molecule has 1 aromatic heterocycles. The molecule has 5 nitrogen and oxygen atoms in total. The highest BCUT2D eigenvalue weighted by Gasteiger charge is 2.37. The fourth-order valence-electron chi connectivity index (χ4n) is 2.57. The quantitative estimate of drug-likeness (QED) is 0.840. The molecule has 2 rings (SSSR count). The van der Waals surface area contributed by atoms with Crippen molar-refractivity contribution in [2.24, 2.45) is 5.73 Å². The molecule has 0 aliphatic heterocycles. The molecule has 5 heteroatoms. The molecule has 1 heterocycles. The van der Waals surface area contributed by atoms with Crippen molar-refractivity contribution in [2.75, 3.05) is 7.11 Å². The topological polar surface area (TPSA) is 74.2 Å². The molecule has 0 amide bonds. The van der Waals surface area contributed by atoms with Crippen molar-refractivity contribution in [1.82, 2.24) is 10.1 Å². The lowest BCUT2D eigenvalue weighted by molar-refractivity contribution is -0.0306. The summed E-state index contributed by atoms with van der Waals surface area (Å²) in [6, 6.07) is 0. The summed E-state index contributed by atoms with van der Waals surface area (Å²) in [5.74, 6) is 1.28. The summed E-state index contributed by atoms with van der Waals surface area (Å²) in [7, 11) is 1.69. The van der Waals surface area contributed by atoms with E-state index in [0.717, 1.165) is 25.7 Å². The van der Waals surface area contributed by atoms with Gasteiger partial charge in [0.05, 0.1) is 0 Å². The minimum absolute atomic E-state index is 0.127. The fourth-order valence-corrected chi connectivity index (χ4v) is 2.57. The average Bonchev–Trinajstić information content (AvgIpc) is 2.79. The van der Waals surface area contributed by atoms with Gasteiger partial charge in [0, 0.05) is 19.1 Å². The number of methoxy groups -OCH3 is 1. The van der Waals surface area contributed by atoms with Crippen molar-refractivity contribution in [3.8, 4) is 0 Å². The van der Waals surface area contributed by atoms with E-state index in [-0.39, 0.29) is 5.54 Å². The summed E-state index contributed by atoms with van der Waals surface area (Å²) in [4.78, 5) is 4.48. The smallest absolute Gasteiger partial charge is 0.228 e. The van der Waals surface area contributed by atoms with Gasteiger partial charge >= 0.3 is 0 Å². The first-order valence-corrected chi connectivity index (χ1v) is 6.74. The molecule has 102 valence electrons. The van der Waals surface area contributed by atoms with Gasteiger partial charge in [-0.25, -0.2) is 0 Å². The van der Waals surface area contributed by atoms with Crippen molar-refractivity contribution in [3.05, 3.63) is 11.7 Å². The van der Waals surface area contributed by atoms with Crippen LogP contribution in [0.25, 0.3) is 0 Å². The van der Waals surface area contributed by atoms with Gasteiger partial charge in [0.2, 0.25) is 11.7 Å². The Labute approximate surface area is 108 Å². The number of nitrogens with zero attached hydrogens (tertiary/aromatic N) is 2. The SMILES string of the molecule is CCC(CC)(OC)c1noc(CC2(N)CCC2)n1. The van der Waals surface area contributed by atoms with E-state index in [9.17, 15) is 0 Å². The van der Waals surface area contributed by atoms with Gasteiger partial charge in [-0.05, 0) is 32.1 Å². The molecule has 0 aromatic carbocycles. The third-order valence-corrected chi connectivity index (χ3v) is 4.26. The van der Waals surface area contributed by atoms with E-state index < -0.39 is 5.60 Å². The Morgan fingerprint density at radius 2 is 2.06 bits per heavy atom. The first-order valence-electron chi connectivity index (χ1n) is 6.74. The predicted octanol–water partition coefficient (Wildman–Crippen LogP) is 2.16. The maximum atomic E-state index is 6.19. The molecule has 0 spiro atoms. The van der Waals surface area contributed by atoms with Crippen LogP contribution in [-0.4, -0.2) is 22.8 Å². The molecule has 2 N–H and O–H groups in total. The van der Waals surface area contributed by atoms with Crippen LogP contribution in [0.4, 0.5) is 0 Å². The summed E-state index contributed by atoms with van der Waals surface area (Å²) >= 11 is 0. The maximum Gasteiger partial charge on any atom is 0.228 e. The molecule has 0 radical (unpaired) electrons. The number of hydrogen-bond acceptors (Lipinski definition) is 5. The van der Waals surface area contributed by atoms with Crippen LogP contribution in [0.15, 0.2) is 4.52 Å². The second-order valence-electron chi connectivity index (χ2n) is 5.31. The molecule has 1 aromatic rings. The largest absolute Gasteiger partial charge is 0.370 e. The Hall–Kier alpha value is -0.940. The Balaban J connectivity index is 2.13. The summed E-state index contributed by atoms with van der Waals surface area (Å²) in [5.41, 5.74) is 5.64. The van der Waals surface area contributed by atoms with Crippen LogP contribution in [0, 0.1) is 0 Å². The molecule has 1 aliphatic rings. The predicted molar refractivity (Wildman–Crippen MR) is 68.0 cm³/mol. The van der Waals surface area contributed by atoms with E-state index in [1.807, 2.05) is 0 Å². The molecule has 0 saturated heterocycles. The first-order chi connectivity index (χ1) is 8.57. The Kier molecular flexibility index (Phi) is 3.73. The number of rotatable bonds is 6. The zero-order chi connectivity index (χ0) is 13.2. The molecule has 1 fully saturated rings. The van der Waals surface area contributed by atoms with Crippen molar-refractivity contribution in [2.45, 2.75) is 63.5 Å². The van der Waals surface area contributed by atoms with Crippen LogP contribution in [0.2, 0.25) is 0 Å². The van der Waals surface area contributed by atoms with Crippen LogP contribution >= 0.6 is 0 Å². The van der Waals surface area contributed by atoms with Crippen molar-refractivity contribution >= 4 is 0 Å². The number of hydrogen-bond donors (Lipinski definition) is 1. The van der Waals surface area contributed by atoms with E-state index in [1.54, 1.807) is 7.11 Å². The third-order valence-electron chi connectivity index (χ3n) is 4.26. The van der Waals surface area contributed by atoms with E-state index in [2.05, 4.69) is 24.0 Å². The van der Waals surface area contributed by atoms with Gasteiger partial charge in [-0.2, -0.15) is 4.98 Å². The van der Waals surface area contributed by atoms with Crippen LogP contribution in [-0.2, 0) is 16.8 Å². The van der Waals surface area contributed by atoms with Crippen LogP contribution in [0.1, 0.15) is 57.7 Å². The molecule has 1 saturated carbocycles. The van der Waals surface area contributed by atoms with E-state index in [4.69, 9.17) is 15.0 Å². The normalized spacial score (nSPS) is 18.7. The zero-order valence-electron chi connectivity index (χ0n) is 11.5. The van der Waals surface area contributed by atoms with Crippen LogP contribution in [0.5, 0.6) is 0 Å². The van der Waals surface area contributed by atoms with Crippen LogP contribution < -0.4 is 5.73 Å². The highest BCUT2D eigenvalue weighted by atomic mass is 16.5. The lowest BCUT2D eigenvalue weighted by atomic mass is 9.75. The minimum Gasteiger partial charge on any atom is -0.370 e. The molecule has 0 bridgehead atoms. The Bertz CT molecular complexity index is 386. The summed E-state index contributed by atoms with van der Waals surface area (Å²) in [6.07, 6.45) is 5.61. The van der Waals surface area contributed by atoms with Crippen molar-refractivity contribution < 1.29 is 9.26 Å². The standard InChI is InChI=1S/C13H23N3O2/c1-4-13(5-2,17-3)11-15-10(18-16-11)9-12(14)7-6-8-12/h4-9,14H2,1-3H3. The molecule has 0 atom stereocenters. The van der Waals surface area contributed by atoms with E-state index in [0.29, 0.717) is 18.1 Å². The first kappa shape index (κ1) is 13.5. The van der Waals surface area contributed by atoms with Gasteiger partial charge < -0.3 is 15.0 Å². The van der Waals surface area contributed by atoms with Gasteiger partial charge in [0.25, 0.3) is 0 Å².